The minimum atomic E-state index is -3.27. The quantitative estimate of drug-likeness (QED) is 0.673. The number of nitrogens with zero attached hydrogens (tertiary/aromatic N) is 3. The molecule has 144 valence electrons. The van der Waals surface area contributed by atoms with E-state index in [1.54, 1.807) is 25.1 Å². The van der Waals surface area contributed by atoms with E-state index in [0.29, 0.717) is 29.4 Å². The van der Waals surface area contributed by atoms with E-state index < -0.39 is 9.84 Å². The summed E-state index contributed by atoms with van der Waals surface area (Å²) in [5.74, 6) is 1.43. The molecule has 1 aliphatic rings. The molecule has 1 unspecified atom stereocenters. The van der Waals surface area contributed by atoms with Crippen LogP contribution in [0, 0.1) is 0 Å². The Balaban J connectivity index is 1.52. The molecular weight excluding hydrogens is 370 g/mol. The van der Waals surface area contributed by atoms with Crippen LogP contribution in [0.25, 0.3) is 11.1 Å². The minimum Gasteiger partial charge on any atom is -0.439 e. The number of aromatic amines is 2. The lowest BCUT2D eigenvalue weighted by Gasteiger charge is -2.30. The van der Waals surface area contributed by atoms with Crippen molar-refractivity contribution >= 4 is 20.9 Å². The molecule has 0 radical (unpaired) electrons. The Morgan fingerprint density at radius 3 is 2.96 bits per heavy atom. The highest BCUT2D eigenvalue weighted by molar-refractivity contribution is 7.91. The number of hydrogen-bond donors (Lipinski definition) is 2. The number of nitrogens with one attached hydrogen (secondary N) is 2. The number of H-pyrrole nitrogens is 2. The van der Waals surface area contributed by atoms with Crippen LogP contribution in [0.3, 0.4) is 0 Å². The minimum absolute atomic E-state index is 0.0493. The van der Waals surface area contributed by atoms with Gasteiger partial charge in [0.25, 0.3) is 0 Å². The molecule has 4 rings (SSSR count). The lowest BCUT2D eigenvalue weighted by Crippen LogP contribution is -2.34. The van der Waals surface area contributed by atoms with Gasteiger partial charge in [0.2, 0.25) is 5.89 Å². The van der Waals surface area contributed by atoms with Crippen molar-refractivity contribution in [2.24, 2.45) is 0 Å². The van der Waals surface area contributed by atoms with E-state index in [1.165, 1.54) is 0 Å². The summed E-state index contributed by atoms with van der Waals surface area (Å²) in [4.78, 5) is 20.9. The van der Waals surface area contributed by atoms with Gasteiger partial charge in [-0.2, -0.15) is 5.10 Å². The Morgan fingerprint density at radius 2 is 2.22 bits per heavy atom. The van der Waals surface area contributed by atoms with E-state index in [1.807, 2.05) is 0 Å². The highest BCUT2D eigenvalue weighted by Crippen LogP contribution is 2.26. The summed E-state index contributed by atoms with van der Waals surface area (Å²) >= 11 is 0. The predicted molar refractivity (Wildman–Crippen MR) is 98.2 cm³/mol. The fourth-order valence-electron chi connectivity index (χ4n) is 3.47. The van der Waals surface area contributed by atoms with Crippen molar-refractivity contribution in [3.8, 4) is 0 Å². The van der Waals surface area contributed by atoms with Crippen molar-refractivity contribution < 1.29 is 12.8 Å². The topological polar surface area (TPSA) is 125 Å². The maximum absolute atomic E-state index is 12.0. The van der Waals surface area contributed by atoms with Gasteiger partial charge in [-0.25, -0.2) is 23.3 Å². The monoisotopic (exact) mass is 391 g/mol. The molecule has 0 amide bonds. The molecule has 9 nitrogen and oxygen atoms in total. The average molecular weight is 391 g/mol. The second-order valence-electron chi connectivity index (χ2n) is 6.78. The smallest absolute Gasteiger partial charge is 0.340 e. The standard InChI is InChI=1S/C17H21N5O4S/c1-2-27(24,25)12-5-6-14-13(8-12)18-15(26-14)10-22-7-3-4-11(9-22)16-19-17(23)21-20-16/h5-6,8,11H,2-4,7,9-10H2,1H3,(H2,19,20,21,23). The van der Waals surface area contributed by atoms with Gasteiger partial charge in [-0.1, -0.05) is 6.92 Å². The number of likely N-dealkylation sites (tertiary alicyclic amines) is 1. The number of benzene rings is 1. The van der Waals surface area contributed by atoms with Gasteiger partial charge in [0.15, 0.2) is 15.4 Å². The Morgan fingerprint density at radius 1 is 1.37 bits per heavy atom. The van der Waals surface area contributed by atoms with Gasteiger partial charge < -0.3 is 4.42 Å². The van der Waals surface area contributed by atoms with Crippen molar-refractivity contribution in [2.45, 2.75) is 37.1 Å². The molecule has 1 aromatic carbocycles. The Labute approximate surface area is 155 Å². The van der Waals surface area contributed by atoms with Crippen molar-refractivity contribution in [1.29, 1.82) is 0 Å². The lowest BCUT2D eigenvalue weighted by atomic mass is 9.97. The van der Waals surface area contributed by atoms with Crippen LogP contribution in [0.15, 0.2) is 32.3 Å². The largest absolute Gasteiger partial charge is 0.439 e. The number of aromatic nitrogens is 4. The van der Waals surface area contributed by atoms with Gasteiger partial charge >= 0.3 is 5.69 Å². The fraction of sp³-hybridized carbons (Fsp3) is 0.471. The van der Waals surface area contributed by atoms with Crippen molar-refractivity contribution in [3.05, 3.63) is 40.4 Å². The third kappa shape index (κ3) is 3.67. The van der Waals surface area contributed by atoms with Gasteiger partial charge in [-0.05, 0) is 37.6 Å². The molecule has 3 heterocycles. The molecule has 2 aromatic heterocycles. The number of hydrogen-bond acceptors (Lipinski definition) is 7. The Kier molecular flexibility index (Phi) is 4.60. The van der Waals surface area contributed by atoms with Gasteiger partial charge in [0, 0.05) is 12.5 Å². The van der Waals surface area contributed by atoms with Crippen LogP contribution in [0.1, 0.15) is 37.4 Å². The summed E-state index contributed by atoms with van der Waals surface area (Å²) in [7, 11) is -3.27. The number of sulfone groups is 1. The molecule has 1 aliphatic heterocycles. The average Bonchev–Trinajstić information content (AvgIpc) is 3.26. The number of piperidine rings is 1. The SMILES string of the molecule is CCS(=O)(=O)c1ccc2oc(CN3CCCC(c4n[nH]c(=O)[nH]4)C3)nc2c1. The van der Waals surface area contributed by atoms with Crippen LogP contribution >= 0.6 is 0 Å². The summed E-state index contributed by atoms with van der Waals surface area (Å²) in [6.07, 6.45) is 1.95. The van der Waals surface area contributed by atoms with E-state index >= 15 is 0 Å². The second-order valence-corrected chi connectivity index (χ2v) is 9.06. The van der Waals surface area contributed by atoms with Crippen molar-refractivity contribution in [3.63, 3.8) is 0 Å². The zero-order valence-corrected chi connectivity index (χ0v) is 15.8. The normalized spacial score (nSPS) is 18.9. The first-order valence-corrected chi connectivity index (χ1v) is 10.6. The van der Waals surface area contributed by atoms with Crippen molar-refractivity contribution in [2.75, 3.05) is 18.8 Å². The van der Waals surface area contributed by atoms with Crippen LogP contribution in [0.5, 0.6) is 0 Å². The summed E-state index contributed by atoms with van der Waals surface area (Å²) in [5, 5.41) is 6.45. The summed E-state index contributed by atoms with van der Waals surface area (Å²) in [6, 6.07) is 4.78. The maximum atomic E-state index is 12.0. The predicted octanol–water partition coefficient (Wildman–Crippen LogP) is 1.41. The zero-order valence-electron chi connectivity index (χ0n) is 14.9. The molecule has 1 atom stereocenters. The molecule has 0 spiro atoms. The molecule has 2 N–H and O–H groups in total. The van der Waals surface area contributed by atoms with Crippen LogP contribution in [0.4, 0.5) is 0 Å². The molecular formula is C17H21N5O4S. The summed E-state index contributed by atoms with van der Waals surface area (Å²) < 4.78 is 29.9. The summed E-state index contributed by atoms with van der Waals surface area (Å²) in [6.45, 7) is 3.79. The third-order valence-electron chi connectivity index (χ3n) is 4.91. The highest BCUT2D eigenvalue weighted by Gasteiger charge is 2.25. The highest BCUT2D eigenvalue weighted by atomic mass is 32.2. The van der Waals surface area contributed by atoms with E-state index in [9.17, 15) is 13.2 Å². The molecule has 0 bridgehead atoms. The zero-order chi connectivity index (χ0) is 19.0. The molecule has 1 fully saturated rings. The van der Waals surface area contributed by atoms with Crippen LogP contribution in [-0.2, 0) is 16.4 Å². The van der Waals surface area contributed by atoms with Crippen LogP contribution in [-0.4, -0.2) is 52.3 Å². The second kappa shape index (κ2) is 6.93. The number of fused-ring (bicyclic) bond motifs is 1. The van der Waals surface area contributed by atoms with Gasteiger partial charge in [0.05, 0.1) is 17.2 Å². The van der Waals surface area contributed by atoms with Gasteiger partial charge in [-0.3, -0.25) is 9.88 Å². The Bertz CT molecular complexity index is 1110. The number of rotatable bonds is 5. The van der Waals surface area contributed by atoms with Crippen LogP contribution < -0.4 is 5.69 Å². The first kappa shape index (κ1) is 17.9. The molecule has 27 heavy (non-hydrogen) atoms. The van der Waals surface area contributed by atoms with E-state index in [2.05, 4.69) is 25.1 Å². The van der Waals surface area contributed by atoms with E-state index in [-0.39, 0.29) is 22.3 Å². The molecule has 1 saturated heterocycles. The van der Waals surface area contributed by atoms with Gasteiger partial charge in [0.1, 0.15) is 11.3 Å². The van der Waals surface area contributed by atoms with Gasteiger partial charge in [-0.15, -0.1) is 0 Å². The first-order chi connectivity index (χ1) is 12.9. The third-order valence-corrected chi connectivity index (χ3v) is 6.65. The van der Waals surface area contributed by atoms with Crippen LogP contribution in [0.2, 0.25) is 0 Å². The molecule has 10 heteroatoms. The first-order valence-electron chi connectivity index (χ1n) is 8.94. The molecule has 0 saturated carbocycles. The molecule has 3 aromatic rings. The number of oxazole rings is 1. The molecule has 0 aliphatic carbocycles. The fourth-order valence-corrected chi connectivity index (χ4v) is 4.37. The lowest BCUT2D eigenvalue weighted by molar-refractivity contribution is 0.182. The maximum Gasteiger partial charge on any atom is 0.340 e. The Hall–Kier alpha value is -2.46. The summed E-state index contributed by atoms with van der Waals surface area (Å²) in [5.41, 5.74) is 0.828. The van der Waals surface area contributed by atoms with Crippen molar-refractivity contribution in [1.82, 2.24) is 25.1 Å². The van der Waals surface area contributed by atoms with E-state index in [0.717, 1.165) is 25.9 Å². The van der Waals surface area contributed by atoms with E-state index in [4.69, 9.17) is 4.42 Å².